The van der Waals surface area contributed by atoms with Crippen LogP contribution in [0.15, 0.2) is 0 Å². The van der Waals surface area contributed by atoms with Crippen LogP contribution >= 0.6 is 0 Å². The summed E-state index contributed by atoms with van der Waals surface area (Å²) in [5.74, 6) is -1.44. The van der Waals surface area contributed by atoms with Gasteiger partial charge in [-0.3, -0.25) is 4.79 Å². The summed E-state index contributed by atoms with van der Waals surface area (Å²) < 4.78 is 5.46. The summed E-state index contributed by atoms with van der Waals surface area (Å²) in [5, 5.41) is 39.1. The highest BCUT2D eigenvalue weighted by molar-refractivity contribution is 5.87. The van der Waals surface area contributed by atoms with Gasteiger partial charge in [0.1, 0.15) is 6.04 Å². The molecule has 0 aromatic carbocycles. The third-order valence-corrected chi connectivity index (χ3v) is 7.50. The van der Waals surface area contributed by atoms with Crippen molar-refractivity contribution >= 4 is 17.8 Å². The predicted octanol–water partition coefficient (Wildman–Crippen LogP) is 4.28. The van der Waals surface area contributed by atoms with E-state index in [-0.39, 0.29) is 18.4 Å². The molecule has 2 aliphatic heterocycles. The zero-order valence-corrected chi connectivity index (χ0v) is 23.0. The normalized spacial score (nSPS) is 22.5. The number of hydrogen-bond donors (Lipinski definition) is 5. The topological polar surface area (TPSA) is 153 Å². The minimum Gasteiger partial charge on any atom is -0.480 e. The number of carboxylic acid groups (broad SMARTS) is 2. The Morgan fingerprint density at radius 3 is 1.81 bits per heavy atom. The van der Waals surface area contributed by atoms with Gasteiger partial charge >= 0.3 is 11.9 Å². The lowest BCUT2D eigenvalue weighted by Gasteiger charge is -2.44. The first kappa shape index (κ1) is 33.3. The molecular formula is C28H51NO8. The second kappa shape index (κ2) is 18.5. The Kier molecular flexibility index (Phi) is 16.7. The molecule has 9 heteroatoms. The van der Waals surface area contributed by atoms with E-state index in [0.29, 0.717) is 32.3 Å². The van der Waals surface area contributed by atoms with Gasteiger partial charge in [-0.2, -0.15) is 0 Å². The van der Waals surface area contributed by atoms with Crippen LogP contribution in [0, 0.1) is 11.8 Å². The van der Waals surface area contributed by atoms with Crippen LogP contribution in [0.4, 0.5) is 0 Å². The molecule has 9 nitrogen and oxygen atoms in total. The number of aliphatic carboxylic acids is 2. The first-order valence-electron chi connectivity index (χ1n) is 14.3. The molecule has 2 rings (SSSR count). The van der Waals surface area contributed by atoms with E-state index in [2.05, 4.69) is 19.2 Å². The molecule has 0 aromatic heterocycles. The zero-order chi connectivity index (χ0) is 27.7. The first-order chi connectivity index (χ1) is 17.6. The largest absolute Gasteiger partial charge is 0.480 e. The van der Waals surface area contributed by atoms with Crippen molar-refractivity contribution in [2.75, 3.05) is 13.2 Å². The van der Waals surface area contributed by atoms with Gasteiger partial charge in [-0.15, -0.1) is 0 Å². The van der Waals surface area contributed by atoms with Gasteiger partial charge in [0.05, 0.1) is 19.3 Å². The fourth-order valence-electron chi connectivity index (χ4n) is 5.09. The number of carbonyl (C=O) groups is 3. The maximum Gasteiger partial charge on any atom is 0.336 e. The second-order valence-electron chi connectivity index (χ2n) is 11.1. The fraction of sp³-hybridized carbons (Fsp3) is 0.893. The molecule has 2 fully saturated rings. The van der Waals surface area contributed by atoms with Gasteiger partial charge in [-0.25, -0.2) is 9.59 Å². The Bertz CT molecular complexity index is 665. The molecule has 5 N–H and O–H groups in total. The molecule has 0 bridgehead atoms. The maximum absolute atomic E-state index is 11.7. The minimum absolute atomic E-state index is 0.164. The van der Waals surface area contributed by atoms with Gasteiger partial charge in [-0.1, -0.05) is 84.5 Å². The monoisotopic (exact) mass is 529 g/mol. The number of aliphatic hydroxyl groups is 2. The Morgan fingerprint density at radius 1 is 0.973 bits per heavy atom. The smallest absolute Gasteiger partial charge is 0.336 e. The summed E-state index contributed by atoms with van der Waals surface area (Å²) >= 11 is 0. The number of rotatable bonds is 19. The number of ether oxygens (including phenoxy) is 1. The van der Waals surface area contributed by atoms with Crippen molar-refractivity contribution < 1.29 is 39.5 Å². The molecule has 0 aromatic rings. The minimum atomic E-state index is -1.15. The number of aliphatic hydroxyl groups excluding tert-OH is 2. The molecular weight excluding hydrogens is 478 g/mol. The Hall–Kier alpha value is -1.71. The van der Waals surface area contributed by atoms with Gasteiger partial charge in [0.2, 0.25) is 5.91 Å². The van der Waals surface area contributed by atoms with Crippen molar-refractivity contribution in [3.05, 3.63) is 0 Å². The van der Waals surface area contributed by atoms with Crippen LogP contribution in [0.5, 0.6) is 0 Å². The second-order valence-corrected chi connectivity index (χ2v) is 11.1. The van der Waals surface area contributed by atoms with Crippen LogP contribution in [0.1, 0.15) is 117 Å². The van der Waals surface area contributed by atoms with Gasteiger partial charge in [0, 0.05) is 18.8 Å². The summed E-state index contributed by atoms with van der Waals surface area (Å²) in [6.45, 7) is 4.72. The predicted molar refractivity (Wildman–Crippen MR) is 141 cm³/mol. The molecule has 37 heavy (non-hydrogen) atoms. The Balaban J connectivity index is 0.000000635. The van der Waals surface area contributed by atoms with Crippen LogP contribution < -0.4 is 5.32 Å². The lowest BCUT2D eigenvalue weighted by Crippen LogP contribution is -2.57. The molecule has 2 saturated heterocycles. The van der Waals surface area contributed by atoms with Gasteiger partial charge in [0.25, 0.3) is 0 Å². The number of hydrogen-bond acceptors (Lipinski definition) is 6. The molecule has 0 aliphatic carbocycles. The van der Waals surface area contributed by atoms with E-state index in [4.69, 9.17) is 14.9 Å². The first-order valence-corrected chi connectivity index (χ1v) is 14.3. The zero-order valence-electron chi connectivity index (χ0n) is 23.0. The van der Waals surface area contributed by atoms with E-state index in [1.165, 1.54) is 57.8 Å². The van der Waals surface area contributed by atoms with E-state index >= 15 is 0 Å². The third kappa shape index (κ3) is 13.1. The van der Waals surface area contributed by atoms with E-state index < -0.39 is 29.7 Å². The Labute approximate surface area is 222 Å². The highest BCUT2D eigenvalue weighted by atomic mass is 16.5. The summed E-state index contributed by atoms with van der Waals surface area (Å²) in [6, 6.07) is -0.641. The fourth-order valence-corrected chi connectivity index (χ4v) is 5.09. The lowest BCUT2D eigenvalue weighted by molar-refractivity contribution is -0.214. The van der Waals surface area contributed by atoms with Gasteiger partial charge in [-0.05, 0) is 25.2 Å². The Morgan fingerprint density at radius 2 is 1.49 bits per heavy atom. The van der Waals surface area contributed by atoms with E-state index in [1.807, 2.05) is 0 Å². The highest BCUT2D eigenvalue weighted by Gasteiger charge is 2.52. The highest BCUT2D eigenvalue weighted by Crippen LogP contribution is 2.40. The lowest BCUT2D eigenvalue weighted by atomic mass is 9.75. The number of amides is 1. The molecule has 2 heterocycles. The average molecular weight is 530 g/mol. The molecule has 2 aliphatic rings. The van der Waals surface area contributed by atoms with Crippen molar-refractivity contribution in [2.24, 2.45) is 11.8 Å². The quantitative estimate of drug-likeness (QED) is 0.155. The van der Waals surface area contributed by atoms with E-state index in [9.17, 15) is 24.6 Å². The molecule has 0 radical (unpaired) electrons. The number of nitrogens with one attached hydrogen (secondary N) is 1. The molecule has 3 unspecified atom stereocenters. The molecule has 216 valence electrons. The molecule has 1 amide bonds. The van der Waals surface area contributed by atoms with E-state index in [0.717, 1.165) is 25.2 Å². The van der Waals surface area contributed by atoms with Crippen molar-refractivity contribution in [2.45, 2.75) is 134 Å². The summed E-state index contributed by atoms with van der Waals surface area (Å²) in [6.07, 6.45) is 15.3. The van der Waals surface area contributed by atoms with Crippen molar-refractivity contribution in [1.29, 1.82) is 0 Å². The standard InChI is InChI=1S/C23H44O5.C5H7NO3/c1-19(2)13-11-9-7-5-3-4-6-8-10-12-14-20(17-21(25)18-24)23(22(26)27)15-16-28-23;7-4-2-1-3(6-4)5(8)9/h19-21,24-25H,3-18H2,1-2H3,(H,26,27);3H,1-2H2,(H,6,7)(H,8,9)/t;3-/m.0/s1. The van der Waals surface area contributed by atoms with E-state index in [1.54, 1.807) is 0 Å². The summed E-state index contributed by atoms with van der Waals surface area (Å²) in [4.78, 5) is 32.2. The molecule has 0 saturated carbocycles. The summed E-state index contributed by atoms with van der Waals surface area (Å²) in [5.41, 5.74) is -1.15. The SMILES string of the molecule is CC(C)CCCCCCCCCCCCC(CC(O)CO)C1(C(=O)O)CCO1.O=C1CC[C@@H](C(=O)O)N1. The average Bonchev–Trinajstić information content (AvgIpc) is 3.25. The van der Waals surface area contributed by atoms with Crippen LogP contribution in [-0.2, 0) is 19.1 Å². The third-order valence-electron chi connectivity index (χ3n) is 7.50. The van der Waals surface area contributed by atoms with Gasteiger partial charge in [0.15, 0.2) is 5.60 Å². The van der Waals surface area contributed by atoms with Gasteiger partial charge < -0.3 is 30.5 Å². The van der Waals surface area contributed by atoms with Crippen molar-refractivity contribution in [3.8, 4) is 0 Å². The van der Waals surface area contributed by atoms with Crippen LogP contribution in [0.25, 0.3) is 0 Å². The van der Waals surface area contributed by atoms with Crippen molar-refractivity contribution in [1.82, 2.24) is 5.32 Å². The summed E-state index contributed by atoms with van der Waals surface area (Å²) in [7, 11) is 0. The number of carbonyl (C=O) groups excluding carboxylic acids is 1. The van der Waals surface area contributed by atoms with Crippen LogP contribution in [-0.4, -0.2) is 69.2 Å². The molecule has 0 spiro atoms. The maximum atomic E-state index is 11.7. The van der Waals surface area contributed by atoms with Crippen molar-refractivity contribution in [3.63, 3.8) is 0 Å². The van der Waals surface area contributed by atoms with Crippen LogP contribution in [0.2, 0.25) is 0 Å². The number of carboxylic acids is 2. The molecule has 4 atom stereocenters. The van der Waals surface area contributed by atoms with Crippen LogP contribution in [0.3, 0.4) is 0 Å². The number of unbranched alkanes of at least 4 members (excludes halogenated alkanes) is 9.